The van der Waals surface area contributed by atoms with Crippen molar-refractivity contribution in [2.45, 2.75) is 39.3 Å². The van der Waals surface area contributed by atoms with Crippen LogP contribution in [0, 0.1) is 5.92 Å². The lowest BCUT2D eigenvalue weighted by Crippen LogP contribution is -2.35. The summed E-state index contributed by atoms with van der Waals surface area (Å²) in [5, 5.41) is 15.4. The molecule has 0 spiro atoms. The summed E-state index contributed by atoms with van der Waals surface area (Å²) in [4.78, 5) is 2.31. The fourth-order valence-corrected chi connectivity index (χ4v) is 3.89. The number of aromatic nitrogens is 2. The van der Waals surface area contributed by atoms with Crippen molar-refractivity contribution in [3.8, 4) is 22.9 Å². The smallest absolute Gasteiger partial charge is 0.222 e. The Bertz CT molecular complexity index is 967. The summed E-state index contributed by atoms with van der Waals surface area (Å²) < 4.78 is 8.13. The van der Waals surface area contributed by atoms with Gasteiger partial charge in [-0.2, -0.15) is 5.10 Å². The van der Waals surface area contributed by atoms with Crippen molar-refractivity contribution in [1.82, 2.24) is 14.7 Å². The van der Waals surface area contributed by atoms with Crippen LogP contribution < -0.4 is 4.74 Å². The van der Waals surface area contributed by atoms with E-state index >= 15 is 0 Å². The molecule has 0 aliphatic rings. The zero-order chi connectivity index (χ0) is 22.9. The molecule has 0 amide bonds. The van der Waals surface area contributed by atoms with Crippen LogP contribution in [0.15, 0.2) is 73.3 Å². The normalized spacial score (nSPS) is 12.3. The second kappa shape index (κ2) is 11.7. The second-order valence-electron chi connectivity index (χ2n) is 8.64. The van der Waals surface area contributed by atoms with E-state index < -0.39 is 6.10 Å². The minimum atomic E-state index is -0.401. The van der Waals surface area contributed by atoms with E-state index in [1.54, 1.807) is 0 Å². The summed E-state index contributed by atoms with van der Waals surface area (Å²) in [6.07, 6.45) is 2.98. The van der Waals surface area contributed by atoms with Crippen molar-refractivity contribution < 1.29 is 9.84 Å². The highest BCUT2D eigenvalue weighted by Gasteiger charge is 2.23. The molecule has 3 rings (SSSR count). The number of hydrogen-bond acceptors (Lipinski definition) is 4. The zero-order valence-corrected chi connectivity index (χ0v) is 19.4. The Morgan fingerprint density at radius 2 is 1.72 bits per heavy atom. The second-order valence-corrected chi connectivity index (χ2v) is 8.64. The summed E-state index contributed by atoms with van der Waals surface area (Å²) in [5.74, 6) is 1.97. The monoisotopic (exact) mass is 433 g/mol. The number of aliphatic hydroxyl groups excluding tert-OH is 1. The lowest BCUT2D eigenvalue weighted by Gasteiger charge is -2.27. The van der Waals surface area contributed by atoms with Crippen LogP contribution in [0.5, 0.6) is 11.6 Å². The zero-order valence-electron chi connectivity index (χ0n) is 19.4. The van der Waals surface area contributed by atoms with Gasteiger partial charge in [-0.25, -0.2) is 4.68 Å². The molecule has 1 atom stereocenters. The van der Waals surface area contributed by atoms with Crippen LogP contribution in [-0.2, 0) is 13.6 Å². The Hall–Kier alpha value is -2.89. The van der Waals surface area contributed by atoms with E-state index in [9.17, 15) is 5.11 Å². The van der Waals surface area contributed by atoms with E-state index in [4.69, 9.17) is 9.84 Å². The van der Waals surface area contributed by atoms with Gasteiger partial charge in [0.15, 0.2) is 0 Å². The van der Waals surface area contributed by atoms with Crippen molar-refractivity contribution in [2.75, 3.05) is 13.1 Å². The van der Waals surface area contributed by atoms with Gasteiger partial charge in [-0.15, -0.1) is 6.58 Å². The Balaban J connectivity index is 1.97. The summed E-state index contributed by atoms with van der Waals surface area (Å²) in [6, 6.07) is 20.0. The van der Waals surface area contributed by atoms with E-state index in [1.807, 2.05) is 66.3 Å². The number of rotatable bonds is 12. The van der Waals surface area contributed by atoms with Crippen LogP contribution >= 0.6 is 0 Å². The molecule has 0 saturated heterocycles. The quantitative estimate of drug-likeness (QED) is 0.374. The minimum absolute atomic E-state index is 0.401. The Labute approximate surface area is 192 Å². The predicted molar refractivity (Wildman–Crippen MR) is 131 cm³/mol. The fourth-order valence-electron chi connectivity index (χ4n) is 3.89. The number of aliphatic hydroxyl groups is 1. The lowest BCUT2D eigenvalue weighted by atomic mass is 10.1. The molecule has 0 bridgehead atoms. The van der Waals surface area contributed by atoms with E-state index in [2.05, 4.69) is 37.5 Å². The number of allylic oxidation sites excluding steroid dienone is 1. The number of hydrogen-bond donors (Lipinski definition) is 1. The number of nitrogens with zero attached hydrogens (tertiary/aromatic N) is 3. The molecule has 1 aromatic heterocycles. The van der Waals surface area contributed by atoms with Crippen molar-refractivity contribution in [2.24, 2.45) is 13.0 Å². The number of ether oxygens (including phenoxy) is 1. The van der Waals surface area contributed by atoms with Gasteiger partial charge >= 0.3 is 0 Å². The predicted octanol–water partition coefficient (Wildman–Crippen LogP) is 5.66. The van der Waals surface area contributed by atoms with Crippen molar-refractivity contribution in [1.29, 1.82) is 0 Å². The highest BCUT2D eigenvalue weighted by atomic mass is 16.5. The van der Waals surface area contributed by atoms with Gasteiger partial charge < -0.3 is 9.84 Å². The average Bonchev–Trinajstić information content (AvgIpc) is 3.08. The fraction of sp³-hybridized carbons (Fsp3) is 0.370. The maximum Gasteiger partial charge on any atom is 0.222 e. The van der Waals surface area contributed by atoms with Gasteiger partial charge in [0, 0.05) is 32.2 Å². The molecular weight excluding hydrogens is 398 g/mol. The van der Waals surface area contributed by atoms with Crippen LogP contribution in [0.3, 0.4) is 0 Å². The van der Waals surface area contributed by atoms with Gasteiger partial charge in [0.25, 0.3) is 0 Å². The summed E-state index contributed by atoms with van der Waals surface area (Å²) in [7, 11) is 1.92. The van der Waals surface area contributed by atoms with Crippen LogP contribution in [-0.4, -0.2) is 39.0 Å². The first-order valence-electron chi connectivity index (χ1n) is 11.3. The Kier molecular flexibility index (Phi) is 8.65. The number of para-hydroxylation sites is 1. The number of aryl methyl sites for hydroxylation is 1. The summed E-state index contributed by atoms with van der Waals surface area (Å²) >= 11 is 0. The van der Waals surface area contributed by atoms with Crippen LogP contribution in [0.4, 0.5) is 0 Å². The lowest BCUT2D eigenvalue weighted by molar-refractivity contribution is 0.0953. The third-order valence-electron chi connectivity index (χ3n) is 5.27. The topological polar surface area (TPSA) is 50.5 Å². The highest BCUT2D eigenvalue weighted by Crippen LogP contribution is 2.34. The third-order valence-corrected chi connectivity index (χ3v) is 5.27. The molecule has 32 heavy (non-hydrogen) atoms. The highest BCUT2D eigenvalue weighted by molar-refractivity contribution is 5.65. The van der Waals surface area contributed by atoms with Gasteiger partial charge in [-0.3, -0.25) is 4.90 Å². The molecule has 1 N–H and O–H groups in total. The first-order chi connectivity index (χ1) is 15.5. The van der Waals surface area contributed by atoms with E-state index in [0.717, 1.165) is 41.4 Å². The molecule has 2 aromatic carbocycles. The molecule has 5 nitrogen and oxygen atoms in total. The van der Waals surface area contributed by atoms with Gasteiger partial charge in [0.2, 0.25) is 5.88 Å². The standard InChI is InChI=1S/C27H35N3O2/c1-5-6-15-23(31)19-30(18-21(2)3)20-25-26(22-13-9-7-10-14-22)28-29(4)27(25)32-24-16-11-8-12-17-24/h5,7-14,16-17,21,23,31H,1,6,15,18-20H2,2-4H3/t23-/m1/s1. The van der Waals surface area contributed by atoms with Gasteiger partial charge in [0.1, 0.15) is 11.4 Å². The molecule has 0 radical (unpaired) electrons. The van der Waals surface area contributed by atoms with Crippen LogP contribution in [0.25, 0.3) is 11.3 Å². The number of benzene rings is 2. The van der Waals surface area contributed by atoms with Crippen LogP contribution in [0.2, 0.25) is 0 Å². The third kappa shape index (κ3) is 6.55. The molecule has 1 heterocycles. The molecule has 0 fully saturated rings. The molecule has 0 aliphatic heterocycles. The maximum atomic E-state index is 10.6. The molecule has 0 saturated carbocycles. The molecule has 170 valence electrons. The van der Waals surface area contributed by atoms with E-state index in [-0.39, 0.29) is 0 Å². The van der Waals surface area contributed by atoms with Crippen molar-refractivity contribution in [3.63, 3.8) is 0 Å². The van der Waals surface area contributed by atoms with Gasteiger partial charge in [0.05, 0.1) is 11.7 Å². The van der Waals surface area contributed by atoms with Crippen LogP contribution in [0.1, 0.15) is 32.3 Å². The molecular formula is C27H35N3O2. The first-order valence-corrected chi connectivity index (χ1v) is 11.3. The summed E-state index contributed by atoms with van der Waals surface area (Å²) in [6.45, 7) is 10.3. The van der Waals surface area contributed by atoms with Crippen molar-refractivity contribution >= 4 is 0 Å². The Morgan fingerprint density at radius 1 is 1.06 bits per heavy atom. The Morgan fingerprint density at radius 3 is 2.34 bits per heavy atom. The molecule has 5 heteroatoms. The first kappa shape index (κ1) is 23.8. The minimum Gasteiger partial charge on any atom is -0.439 e. The van der Waals surface area contributed by atoms with Gasteiger partial charge in [-0.1, -0.05) is 68.5 Å². The largest absolute Gasteiger partial charge is 0.439 e. The molecule has 0 aliphatic carbocycles. The van der Waals surface area contributed by atoms with E-state index in [1.165, 1.54) is 0 Å². The molecule has 0 unspecified atom stereocenters. The van der Waals surface area contributed by atoms with Crippen molar-refractivity contribution in [3.05, 3.63) is 78.9 Å². The van der Waals surface area contributed by atoms with E-state index in [0.29, 0.717) is 25.4 Å². The van der Waals surface area contributed by atoms with Gasteiger partial charge in [-0.05, 0) is 30.9 Å². The maximum absolute atomic E-state index is 10.6. The SMILES string of the molecule is C=CCC[C@@H](O)CN(Cc1c(-c2ccccc2)nn(C)c1Oc1ccccc1)CC(C)C. The summed E-state index contributed by atoms with van der Waals surface area (Å²) in [5.41, 5.74) is 2.99. The average molecular weight is 434 g/mol. The molecule has 3 aromatic rings.